The summed E-state index contributed by atoms with van der Waals surface area (Å²) < 4.78 is 1.70. The zero-order chi connectivity index (χ0) is 15.2. The van der Waals surface area contributed by atoms with Crippen molar-refractivity contribution >= 4 is 29.2 Å². The summed E-state index contributed by atoms with van der Waals surface area (Å²) >= 11 is 12.1. The maximum atomic E-state index is 10.4. The van der Waals surface area contributed by atoms with Crippen molar-refractivity contribution in [3.63, 3.8) is 0 Å². The lowest BCUT2D eigenvalue weighted by molar-refractivity contribution is -0.137. The maximum Gasteiger partial charge on any atom is 0.303 e. The molecule has 21 heavy (non-hydrogen) atoms. The Morgan fingerprint density at radius 1 is 1.29 bits per heavy atom. The lowest BCUT2D eigenvalue weighted by Crippen LogP contribution is -2.01. The van der Waals surface area contributed by atoms with Crippen molar-refractivity contribution in [2.24, 2.45) is 0 Å². The molecule has 0 saturated carbocycles. The standard InChI is InChI=1S/C14H15Cl2N3O2/c15-12-6-3-4-10(14(12)16)8-19-9-11(17-18-19)5-1-2-7-13(20)21/h3-4,6,9H,1-2,5,7-8H2,(H,20,21). The SMILES string of the molecule is O=C(O)CCCCc1cn(Cc2cccc(Cl)c2Cl)nn1. The van der Waals surface area contributed by atoms with Gasteiger partial charge < -0.3 is 5.11 Å². The molecule has 1 heterocycles. The highest BCUT2D eigenvalue weighted by molar-refractivity contribution is 6.42. The quantitative estimate of drug-likeness (QED) is 0.791. The normalized spacial score (nSPS) is 10.8. The van der Waals surface area contributed by atoms with E-state index in [1.807, 2.05) is 18.3 Å². The number of unbranched alkanes of at least 4 members (excludes halogenated alkanes) is 1. The second kappa shape index (κ2) is 7.43. The van der Waals surface area contributed by atoms with Crippen molar-refractivity contribution < 1.29 is 9.90 Å². The fourth-order valence-corrected chi connectivity index (χ4v) is 2.34. The number of carbonyl (C=O) groups is 1. The molecule has 0 bridgehead atoms. The zero-order valence-corrected chi connectivity index (χ0v) is 12.8. The Kier molecular flexibility index (Phi) is 5.59. The van der Waals surface area contributed by atoms with Crippen molar-refractivity contribution in [3.8, 4) is 0 Å². The van der Waals surface area contributed by atoms with Crippen molar-refractivity contribution in [1.29, 1.82) is 0 Å². The van der Waals surface area contributed by atoms with Gasteiger partial charge in [-0.1, -0.05) is 40.5 Å². The number of aromatic nitrogens is 3. The van der Waals surface area contributed by atoms with E-state index >= 15 is 0 Å². The monoisotopic (exact) mass is 327 g/mol. The summed E-state index contributed by atoms with van der Waals surface area (Å²) in [7, 11) is 0. The van der Waals surface area contributed by atoms with Crippen LogP contribution >= 0.6 is 23.2 Å². The molecule has 0 radical (unpaired) electrons. The Hall–Kier alpha value is -1.59. The predicted molar refractivity (Wildman–Crippen MR) is 80.8 cm³/mol. The molecule has 0 aliphatic carbocycles. The molecule has 112 valence electrons. The Morgan fingerprint density at radius 2 is 2.10 bits per heavy atom. The van der Waals surface area contributed by atoms with Gasteiger partial charge >= 0.3 is 5.97 Å². The van der Waals surface area contributed by atoms with E-state index in [4.69, 9.17) is 28.3 Å². The molecule has 7 heteroatoms. The lowest BCUT2D eigenvalue weighted by atomic mass is 10.1. The number of carboxylic acid groups (broad SMARTS) is 1. The third-order valence-electron chi connectivity index (χ3n) is 3.02. The Bertz CT molecular complexity index is 628. The van der Waals surface area contributed by atoms with Crippen LogP contribution in [0.3, 0.4) is 0 Å². The van der Waals surface area contributed by atoms with Crippen molar-refractivity contribution in [2.75, 3.05) is 0 Å². The first-order valence-electron chi connectivity index (χ1n) is 6.60. The van der Waals surface area contributed by atoms with Crippen molar-refractivity contribution in [3.05, 3.63) is 45.7 Å². The summed E-state index contributed by atoms with van der Waals surface area (Å²) in [6.45, 7) is 0.502. The molecule has 1 aromatic carbocycles. The molecule has 5 nitrogen and oxygen atoms in total. The Labute approximate surface area is 132 Å². The van der Waals surface area contributed by atoms with E-state index < -0.39 is 5.97 Å². The highest BCUT2D eigenvalue weighted by Gasteiger charge is 2.07. The van der Waals surface area contributed by atoms with Crippen LogP contribution in [0, 0.1) is 0 Å². The number of benzene rings is 1. The van der Waals surface area contributed by atoms with Crippen LogP contribution in [0.15, 0.2) is 24.4 Å². The highest BCUT2D eigenvalue weighted by atomic mass is 35.5. The van der Waals surface area contributed by atoms with Gasteiger partial charge in [-0.25, -0.2) is 4.68 Å². The number of aryl methyl sites for hydroxylation is 1. The summed E-state index contributed by atoms with van der Waals surface area (Å²) in [6, 6.07) is 5.47. The Balaban J connectivity index is 1.91. The molecule has 0 saturated heterocycles. The van der Waals surface area contributed by atoms with E-state index in [0.29, 0.717) is 23.0 Å². The van der Waals surface area contributed by atoms with E-state index in [9.17, 15) is 4.79 Å². The highest BCUT2D eigenvalue weighted by Crippen LogP contribution is 2.25. The maximum absolute atomic E-state index is 10.4. The molecule has 0 fully saturated rings. The van der Waals surface area contributed by atoms with Crippen LogP contribution in [-0.2, 0) is 17.8 Å². The van der Waals surface area contributed by atoms with E-state index in [1.54, 1.807) is 10.7 Å². The number of carboxylic acids is 1. The summed E-state index contributed by atoms with van der Waals surface area (Å²) in [5.41, 5.74) is 1.73. The van der Waals surface area contributed by atoms with Crippen LogP contribution in [0.4, 0.5) is 0 Å². The van der Waals surface area contributed by atoms with Gasteiger partial charge in [-0.15, -0.1) is 5.10 Å². The zero-order valence-electron chi connectivity index (χ0n) is 11.3. The van der Waals surface area contributed by atoms with Gasteiger partial charge in [-0.3, -0.25) is 4.79 Å². The van der Waals surface area contributed by atoms with Crippen LogP contribution in [0.1, 0.15) is 30.5 Å². The van der Waals surface area contributed by atoms with Crippen LogP contribution in [0.25, 0.3) is 0 Å². The van der Waals surface area contributed by atoms with Gasteiger partial charge in [-0.2, -0.15) is 0 Å². The molecule has 0 aliphatic heterocycles. The van der Waals surface area contributed by atoms with Crippen LogP contribution in [0.5, 0.6) is 0 Å². The molecular formula is C14H15Cl2N3O2. The van der Waals surface area contributed by atoms with Gasteiger partial charge in [0.15, 0.2) is 0 Å². The van der Waals surface area contributed by atoms with Crippen LogP contribution in [0.2, 0.25) is 10.0 Å². The average Bonchev–Trinajstić information content (AvgIpc) is 2.87. The first-order valence-corrected chi connectivity index (χ1v) is 7.35. The van der Waals surface area contributed by atoms with Crippen LogP contribution < -0.4 is 0 Å². The largest absolute Gasteiger partial charge is 0.481 e. The third kappa shape index (κ3) is 4.72. The van der Waals surface area contributed by atoms with Crippen LogP contribution in [-0.4, -0.2) is 26.1 Å². The number of nitrogens with zero attached hydrogens (tertiary/aromatic N) is 3. The summed E-state index contributed by atoms with van der Waals surface area (Å²) in [5, 5.41) is 17.7. The summed E-state index contributed by atoms with van der Waals surface area (Å²) in [6.07, 6.45) is 4.17. The van der Waals surface area contributed by atoms with Crippen molar-refractivity contribution in [2.45, 2.75) is 32.2 Å². The predicted octanol–water partition coefficient (Wildman–Crippen LogP) is 3.43. The first kappa shape index (κ1) is 15.8. The number of aliphatic carboxylic acids is 1. The second-order valence-electron chi connectivity index (χ2n) is 4.72. The van der Waals surface area contributed by atoms with E-state index in [1.165, 1.54) is 0 Å². The minimum Gasteiger partial charge on any atom is -0.481 e. The molecule has 2 aromatic rings. The molecule has 0 amide bonds. The molecular weight excluding hydrogens is 313 g/mol. The second-order valence-corrected chi connectivity index (χ2v) is 5.51. The van der Waals surface area contributed by atoms with Gasteiger partial charge in [0.05, 0.1) is 22.3 Å². The van der Waals surface area contributed by atoms with E-state index in [-0.39, 0.29) is 6.42 Å². The van der Waals surface area contributed by atoms with Gasteiger partial charge in [-0.05, 0) is 30.9 Å². The summed E-state index contributed by atoms with van der Waals surface area (Å²) in [4.78, 5) is 10.4. The number of hydrogen-bond donors (Lipinski definition) is 1. The fraction of sp³-hybridized carbons (Fsp3) is 0.357. The lowest BCUT2D eigenvalue weighted by Gasteiger charge is -2.04. The molecule has 1 aromatic heterocycles. The molecule has 0 aliphatic rings. The van der Waals surface area contributed by atoms with E-state index in [2.05, 4.69) is 10.3 Å². The van der Waals surface area contributed by atoms with E-state index in [0.717, 1.165) is 24.1 Å². The molecule has 2 rings (SSSR count). The number of hydrogen-bond acceptors (Lipinski definition) is 3. The Morgan fingerprint density at radius 3 is 2.86 bits per heavy atom. The summed E-state index contributed by atoms with van der Waals surface area (Å²) in [5.74, 6) is -0.769. The van der Waals surface area contributed by atoms with Crippen molar-refractivity contribution in [1.82, 2.24) is 15.0 Å². The van der Waals surface area contributed by atoms with Gasteiger partial charge in [0.25, 0.3) is 0 Å². The van der Waals surface area contributed by atoms with Gasteiger partial charge in [0.2, 0.25) is 0 Å². The molecule has 0 spiro atoms. The molecule has 0 unspecified atom stereocenters. The average molecular weight is 328 g/mol. The third-order valence-corrected chi connectivity index (χ3v) is 3.88. The fourth-order valence-electron chi connectivity index (χ4n) is 1.96. The smallest absolute Gasteiger partial charge is 0.303 e. The minimum absolute atomic E-state index is 0.187. The number of rotatable bonds is 7. The van der Waals surface area contributed by atoms with Gasteiger partial charge in [0.1, 0.15) is 0 Å². The number of halogens is 2. The first-order chi connectivity index (χ1) is 10.1. The molecule has 1 N–H and O–H groups in total. The topological polar surface area (TPSA) is 68.0 Å². The van der Waals surface area contributed by atoms with Gasteiger partial charge in [0, 0.05) is 12.6 Å². The minimum atomic E-state index is -0.769. The molecule has 0 atom stereocenters.